The SMILES string of the molecule is Cc1ccc(S(=O)(=O)N2CCCOC(C)C2)cc1CO. The molecule has 1 atom stereocenters. The van der Waals surface area contributed by atoms with E-state index in [1.165, 1.54) is 4.31 Å². The predicted octanol–water partition coefficient (Wildman–Crippen LogP) is 1.29. The number of nitrogens with zero attached hydrogens (tertiary/aromatic N) is 1. The number of aliphatic hydroxyl groups is 1. The van der Waals surface area contributed by atoms with E-state index in [-0.39, 0.29) is 17.6 Å². The highest BCUT2D eigenvalue weighted by Gasteiger charge is 2.28. The molecule has 5 nitrogen and oxygen atoms in total. The first-order valence-corrected chi connectivity index (χ1v) is 8.21. The molecule has 0 aliphatic carbocycles. The van der Waals surface area contributed by atoms with Crippen LogP contribution in [0.2, 0.25) is 0 Å². The van der Waals surface area contributed by atoms with E-state index >= 15 is 0 Å². The van der Waals surface area contributed by atoms with Gasteiger partial charge in [-0.25, -0.2) is 8.42 Å². The molecule has 0 amide bonds. The molecule has 0 saturated carbocycles. The lowest BCUT2D eigenvalue weighted by molar-refractivity contribution is 0.0752. The molecule has 1 aromatic carbocycles. The summed E-state index contributed by atoms with van der Waals surface area (Å²) in [5.41, 5.74) is 1.53. The molecule has 1 aromatic rings. The van der Waals surface area contributed by atoms with Crippen LogP contribution in [0.15, 0.2) is 23.1 Å². The van der Waals surface area contributed by atoms with Crippen molar-refractivity contribution in [2.75, 3.05) is 19.7 Å². The summed E-state index contributed by atoms with van der Waals surface area (Å²) in [6, 6.07) is 4.89. The minimum absolute atomic E-state index is 0.102. The highest BCUT2D eigenvalue weighted by atomic mass is 32.2. The highest BCUT2D eigenvalue weighted by Crippen LogP contribution is 2.21. The van der Waals surface area contributed by atoms with Crippen LogP contribution in [0.4, 0.5) is 0 Å². The van der Waals surface area contributed by atoms with Crippen molar-refractivity contribution in [3.8, 4) is 0 Å². The maximum absolute atomic E-state index is 12.7. The molecule has 2 rings (SSSR count). The fraction of sp³-hybridized carbons (Fsp3) is 0.571. The average molecular weight is 299 g/mol. The molecule has 0 spiro atoms. The van der Waals surface area contributed by atoms with Crippen molar-refractivity contribution in [1.29, 1.82) is 0 Å². The summed E-state index contributed by atoms with van der Waals surface area (Å²) in [4.78, 5) is 0.237. The maximum Gasteiger partial charge on any atom is 0.243 e. The van der Waals surface area contributed by atoms with E-state index in [1.54, 1.807) is 18.2 Å². The number of benzene rings is 1. The van der Waals surface area contributed by atoms with Crippen LogP contribution < -0.4 is 0 Å². The summed E-state index contributed by atoms with van der Waals surface area (Å²) in [6.45, 7) is 4.99. The molecular formula is C14H21NO4S. The van der Waals surface area contributed by atoms with Gasteiger partial charge < -0.3 is 9.84 Å². The smallest absolute Gasteiger partial charge is 0.243 e. The molecule has 1 N–H and O–H groups in total. The Morgan fingerprint density at radius 1 is 1.45 bits per heavy atom. The van der Waals surface area contributed by atoms with Gasteiger partial charge in [-0.3, -0.25) is 0 Å². The monoisotopic (exact) mass is 299 g/mol. The van der Waals surface area contributed by atoms with Gasteiger partial charge in [0, 0.05) is 19.7 Å². The molecule has 1 aliphatic rings. The second kappa shape index (κ2) is 6.22. The largest absolute Gasteiger partial charge is 0.392 e. The molecule has 20 heavy (non-hydrogen) atoms. The molecule has 0 aromatic heterocycles. The van der Waals surface area contributed by atoms with Gasteiger partial charge in [-0.15, -0.1) is 0 Å². The van der Waals surface area contributed by atoms with E-state index < -0.39 is 10.0 Å². The molecule has 1 aliphatic heterocycles. The quantitative estimate of drug-likeness (QED) is 0.913. The van der Waals surface area contributed by atoms with Crippen LogP contribution in [0.25, 0.3) is 0 Å². The van der Waals surface area contributed by atoms with Crippen molar-refractivity contribution in [1.82, 2.24) is 4.31 Å². The fourth-order valence-electron chi connectivity index (χ4n) is 2.30. The van der Waals surface area contributed by atoms with Crippen LogP contribution in [0.1, 0.15) is 24.5 Å². The Morgan fingerprint density at radius 3 is 2.90 bits per heavy atom. The molecular weight excluding hydrogens is 278 g/mol. The molecule has 1 fully saturated rings. The van der Waals surface area contributed by atoms with Crippen molar-refractivity contribution in [3.05, 3.63) is 29.3 Å². The van der Waals surface area contributed by atoms with E-state index in [2.05, 4.69) is 0 Å². The molecule has 1 unspecified atom stereocenters. The van der Waals surface area contributed by atoms with Gasteiger partial charge in [0.1, 0.15) is 0 Å². The van der Waals surface area contributed by atoms with Gasteiger partial charge in [-0.1, -0.05) is 6.07 Å². The summed E-state index contributed by atoms with van der Waals surface area (Å²) in [5, 5.41) is 9.28. The number of hydrogen-bond acceptors (Lipinski definition) is 4. The van der Waals surface area contributed by atoms with Gasteiger partial charge in [-0.05, 0) is 43.5 Å². The summed E-state index contributed by atoms with van der Waals surface area (Å²) in [6.07, 6.45) is 0.595. The predicted molar refractivity (Wildman–Crippen MR) is 75.9 cm³/mol. The molecule has 1 heterocycles. The second-order valence-electron chi connectivity index (χ2n) is 5.14. The number of ether oxygens (including phenoxy) is 1. The standard InChI is InChI=1S/C14H21NO4S/c1-11-4-5-14(8-13(11)10-16)20(17,18)15-6-3-7-19-12(2)9-15/h4-5,8,12,16H,3,6-7,9-10H2,1-2H3. The van der Waals surface area contributed by atoms with Crippen LogP contribution >= 0.6 is 0 Å². The van der Waals surface area contributed by atoms with Gasteiger partial charge >= 0.3 is 0 Å². The zero-order valence-corrected chi connectivity index (χ0v) is 12.7. The lowest BCUT2D eigenvalue weighted by Crippen LogP contribution is -2.36. The Hall–Kier alpha value is -0.950. The van der Waals surface area contributed by atoms with Gasteiger partial charge in [0.15, 0.2) is 0 Å². The Bertz CT molecular complexity index is 571. The maximum atomic E-state index is 12.7. The van der Waals surface area contributed by atoms with Gasteiger partial charge in [0.05, 0.1) is 17.6 Å². The average Bonchev–Trinajstić information content (AvgIpc) is 2.64. The minimum atomic E-state index is -3.53. The number of hydrogen-bond donors (Lipinski definition) is 1. The molecule has 6 heteroatoms. The van der Waals surface area contributed by atoms with E-state index in [0.29, 0.717) is 31.7 Å². The van der Waals surface area contributed by atoms with Crippen LogP contribution in [-0.4, -0.2) is 43.6 Å². The van der Waals surface area contributed by atoms with Gasteiger partial charge in [0.2, 0.25) is 10.0 Å². The molecule has 0 bridgehead atoms. The van der Waals surface area contributed by atoms with Crippen molar-refractivity contribution in [3.63, 3.8) is 0 Å². The zero-order chi connectivity index (χ0) is 14.8. The first kappa shape index (κ1) is 15.4. The third-order valence-corrected chi connectivity index (χ3v) is 5.40. The number of sulfonamides is 1. The topological polar surface area (TPSA) is 66.8 Å². The number of aryl methyl sites for hydroxylation is 1. The van der Waals surface area contributed by atoms with Crippen LogP contribution in [0.3, 0.4) is 0 Å². The summed E-state index contributed by atoms with van der Waals surface area (Å²) in [5.74, 6) is 0. The van der Waals surface area contributed by atoms with E-state index in [4.69, 9.17) is 4.74 Å². The van der Waals surface area contributed by atoms with Crippen molar-refractivity contribution >= 4 is 10.0 Å². The summed E-state index contributed by atoms with van der Waals surface area (Å²) in [7, 11) is -3.53. The lowest BCUT2D eigenvalue weighted by atomic mass is 10.1. The fourth-order valence-corrected chi connectivity index (χ4v) is 3.91. The Morgan fingerprint density at radius 2 is 2.20 bits per heavy atom. The third-order valence-electron chi connectivity index (χ3n) is 3.54. The Balaban J connectivity index is 2.33. The highest BCUT2D eigenvalue weighted by molar-refractivity contribution is 7.89. The second-order valence-corrected chi connectivity index (χ2v) is 7.08. The van der Waals surface area contributed by atoms with Crippen LogP contribution in [-0.2, 0) is 21.4 Å². The van der Waals surface area contributed by atoms with E-state index in [9.17, 15) is 13.5 Å². The van der Waals surface area contributed by atoms with E-state index in [1.807, 2.05) is 13.8 Å². The summed E-state index contributed by atoms with van der Waals surface area (Å²) >= 11 is 0. The number of rotatable bonds is 3. The first-order chi connectivity index (χ1) is 9.45. The first-order valence-electron chi connectivity index (χ1n) is 6.77. The molecule has 112 valence electrons. The Kier molecular flexibility index (Phi) is 4.80. The Labute approximate surface area is 120 Å². The lowest BCUT2D eigenvalue weighted by Gasteiger charge is -2.22. The van der Waals surface area contributed by atoms with Gasteiger partial charge in [-0.2, -0.15) is 4.31 Å². The van der Waals surface area contributed by atoms with Crippen LogP contribution in [0.5, 0.6) is 0 Å². The van der Waals surface area contributed by atoms with Crippen molar-refractivity contribution in [2.24, 2.45) is 0 Å². The molecule has 0 radical (unpaired) electrons. The van der Waals surface area contributed by atoms with Crippen LogP contribution in [0, 0.1) is 6.92 Å². The van der Waals surface area contributed by atoms with Crippen molar-refractivity contribution < 1.29 is 18.3 Å². The summed E-state index contributed by atoms with van der Waals surface area (Å²) < 4.78 is 32.3. The number of aliphatic hydroxyl groups excluding tert-OH is 1. The normalized spacial score (nSPS) is 21.6. The zero-order valence-electron chi connectivity index (χ0n) is 11.9. The van der Waals surface area contributed by atoms with Gasteiger partial charge in [0.25, 0.3) is 0 Å². The van der Waals surface area contributed by atoms with E-state index in [0.717, 1.165) is 5.56 Å². The minimum Gasteiger partial charge on any atom is -0.392 e. The third kappa shape index (κ3) is 3.20. The molecule has 1 saturated heterocycles. The van der Waals surface area contributed by atoms with Crippen molar-refractivity contribution in [2.45, 2.75) is 37.9 Å².